The highest BCUT2D eigenvalue weighted by molar-refractivity contribution is 6.28. The maximum Gasteiger partial charge on any atom is 0.241 e. The zero-order valence-electron chi connectivity index (χ0n) is 11.5. The van der Waals surface area contributed by atoms with Gasteiger partial charge in [-0.2, -0.15) is 15.0 Å². The Morgan fingerprint density at radius 1 is 1.20 bits per heavy atom. The largest absolute Gasteiger partial charge is 0.354 e. The van der Waals surface area contributed by atoms with Crippen LogP contribution in [0.4, 0.5) is 11.9 Å². The maximum atomic E-state index is 11.9. The number of nitrogens with one attached hydrogen (secondary N) is 2. The summed E-state index contributed by atoms with van der Waals surface area (Å²) < 4.78 is 0. The van der Waals surface area contributed by atoms with E-state index < -0.39 is 0 Å². The number of carbonyl (C=O) groups excluding carboxylic acids is 1. The molecule has 1 saturated heterocycles. The van der Waals surface area contributed by atoms with Crippen molar-refractivity contribution in [1.29, 1.82) is 0 Å². The van der Waals surface area contributed by atoms with Crippen molar-refractivity contribution in [3.8, 4) is 0 Å². The van der Waals surface area contributed by atoms with Gasteiger partial charge in [-0.3, -0.25) is 4.79 Å². The van der Waals surface area contributed by atoms with Crippen LogP contribution < -0.4 is 10.6 Å². The first-order valence-corrected chi connectivity index (χ1v) is 7.24. The molecule has 0 aliphatic carbocycles. The first kappa shape index (κ1) is 14.8. The molecule has 7 nitrogen and oxygen atoms in total. The zero-order chi connectivity index (χ0) is 14.4. The monoisotopic (exact) mass is 298 g/mol. The van der Waals surface area contributed by atoms with Crippen LogP contribution >= 0.6 is 11.6 Å². The third kappa shape index (κ3) is 4.19. The molecule has 0 bridgehead atoms. The second-order valence-electron chi connectivity index (χ2n) is 4.62. The summed E-state index contributed by atoms with van der Waals surface area (Å²) in [6, 6.07) is 0. The van der Waals surface area contributed by atoms with E-state index in [1.807, 2.05) is 11.8 Å². The van der Waals surface area contributed by atoms with E-state index in [-0.39, 0.29) is 17.7 Å². The van der Waals surface area contributed by atoms with Crippen molar-refractivity contribution in [2.75, 3.05) is 36.8 Å². The van der Waals surface area contributed by atoms with Crippen molar-refractivity contribution in [1.82, 2.24) is 19.9 Å². The van der Waals surface area contributed by atoms with Crippen LogP contribution in [0.2, 0.25) is 5.28 Å². The molecule has 1 fully saturated rings. The van der Waals surface area contributed by atoms with Crippen molar-refractivity contribution in [3.63, 3.8) is 0 Å². The molecule has 0 saturated carbocycles. The molecule has 1 aromatic heterocycles. The molecule has 2 rings (SSSR count). The lowest BCUT2D eigenvalue weighted by Gasteiger charge is -2.15. The van der Waals surface area contributed by atoms with Gasteiger partial charge in [0.2, 0.25) is 23.1 Å². The molecule has 0 spiro atoms. The molecule has 0 unspecified atom stereocenters. The molecule has 2 heterocycles. The van der Waals surface area contributed by atoms with Crippen LogP contribution in [0.3, 0.4) is 0 Å². The van der Waals surface area contributed by atoms with Crippen LogP contribution in [0.5, 0.6) is 0 Å². The average Bonchev–Trinajstić information content (AvgIpc) is 2.96. The lowest BCUT2D eigenvalue weighted by molar-refractivity contribution is -0.128. The maximum absolute atomic E-state index is 11.9. The summed E-state index contributed by atoms with van der Waals surface area (Å²) in [7, 11) is 0. The number of halogens is 1. The predicted octanol–water partition coefficient (Wildman–Crippen LogP) is 1.38. The summed E-state index contributed by atoms with van der Waals surface area (Å²) in [5.41, 5.74) is 0. The molecule has 2 N–H and O–H groups in total. The van der Waals surface area contributed by atoms with Gasteiger partial charge < -0.3 is 15.5 Å². The molecule has 0 atom stereocenters. The number of likely N-dealkylation sites (tertiary alicyclic amines) is 1. The van der Waals surface area contributed by atoms with Gasteiger partial charge in [0.05, 0.1) is 6.54 Å². The van der Waals surface area contributed by atoms with Crippen LogP contribution in [0.25, 0.3) is 0 Å². The van der Waals surface area contributed by atoms with E-state index in [9.17, 15) is 4.79 Å². The molecule has 8 heteroatoms. The fraction of sp³-hybridized carbons (Fsp3) is 0.667. The van der Waals surface area contributed by atoms with Gasteiger partial charge in [0, 0.05) is 19.6 Å². The number of hydrogen-bond donors (Lipinski definition) is 2. The molecule has 0 radical (unpaired) electrons. The second kappa shape index (κ2) is 7.23. The molecule has 1 aliphatic rings. The minimum atomic E-state index is 0.0575. The highest BCUT2D eigenvalue weighted by atomic mass is 35.5. The quantitative estimate of drug-likeness (QED) is 0.825. The molecule has 20 heavy (non-hydrogen) atoms. The highest BCUT2D eigenvalue weighted by Gasteiger charge is 2.17. The smallest absolute Gasteiger partial charge is 0.241 e. The third-order valence-corrected chi connectivity index (χ3v) is 3.17. The topological polar surface area (TPSA) is 83.0 Å². The number of amides is 1. The van der Waals surface area contributed by atoms with Crippen LogP contribution in [0, 0.1) is 0 Å². The van der Waals surface area contributed by atoms with Crippen molar-refractivity contribution >= 4 is 29.4 Å². The van der Waals surface area contributed by atoms with Gasteiger partial charge in [-0.25, -0.2) is 0 Å². The Bertz CT molecular complexity index is 463. The molecule has 1 aromatic rings. The number of hydrogen-bond acceptors (Lipinski definition) is 6. The summed E-state index contributed by atoms with van der Waals surface area (Å²) in [5.74, 6) is 0.793. The van der Waals surface area contributed by atoms with Crippen LogP contribution in [-0.4, -0.2) is 51.9 Å². The molecule has 1 aliphatic heterocycles. The third-order valence-electron chi connectivity index (χ3n) is 3.00. The second-order valence-corrected chi connectivity index (χ2v) is 4.96. The van der Waals surface area contributed by atoms with Crippen LogP contribution in [0.1, 0.15) is 26.2 Å². The van der Waals surface area contributed by atoms with Gasteiger partial charge in [-0.1, -0.05) is 6.92 Å². The van der Waals surface area contributed by atoms with E-state index in [1.54, 1.807) is 0 Å². The molecule has 110 valence electrons. The fourth-order valence-electron chi connectivity index (χ4n) is 1.98. The van der Waals surface area contributed by atoms with Gasteiger partial charge in [-0.15, -0.1) is 0 Å². The average molecular weight is 299 g/mol. The summed E-state index contributed by atoms with van der Waals surface area (Å²) in [4.78, 5) is 25.8. The summed E-state index contributed by atoms with van der Waals surface area (Å²) in [6.07, 6.45) is 3.11. The van der Waals surface area contributed by atoms with E-state index in [2.05, 4.69) is 25.6 Å². The Morgan fingerprint density at radius 2 is 1.85 bits per heavy atom. The van der Waals surface area contributed by atoms with E-state index in [0.717, 1.165) is 38.9 Å². The van der Waals surface area contributed by atoms with Gasteiger partial charge in [0.1, 0.15) is 0 Å². The first-order valence-electron chi connectivity index (χ1n) is 6.86. The fourth-order valence-corrected chi connectivity index (χ4v) is 2.14. The van der Waals surface area contributed by atoms with E-state index in [4.69, 9.17) is 11.6 Å². The van der Waals surface area contributed by atoms with Crippen molar-refractivity contribution < 1.29 is 4.79 Å². The van der Waals surface area contributed by atoms with E-state index in [0.29, 0.717) is 11.9 Å². The Kier molecular flexibility index (Phi) is 5.34. The van der Waals surface area contributed by atoms with Crippen molar-refractivity contribution in [3.05, 3.63) is 5.28 Å². The molecule has 1 amide bonds. The summed E-state index contributed by atoms with van der Waals surface area (Å²) >= 11 is 5.83. The van der Waals surface area contributed by atoms with Gasteiger partial charge >= 0.3 is 0 Å². The standard InChI is InChI=1S/C12H19ClN6O/c1-2-5-14-11-16-10(13)17-12(18-11)15-8-9(20)19-6-3-4-7-19/h2-8H2,1H3,(H2,14,15,16,17,18). The number of carbonyl (C=O) groups is 1. The van der Waals surface area contributed by atoms with Gasteiger partial charge in [-0.05, 0) is 30.9 Å². The minimum absolute atomic E-state index is 0.0575. The normalized spacial score (nSPS) is 14.4. The Balaban J connectivity index is 1.91. The van der Waals surface area contributed by atoms with Crippen LogP contribution in [0.15, 0.2) is 0 Å². The minimum Gasteiger partial charge on any atom is -0.354 e. The van der Waals surface area contributed by atoms with Crippen LogP contribution in [-0.2, 0) is 4.79 Å². The first-order chi connectivity index (χ1) is 9.69. The number of aromatic nitrogens is 3. The lowest BCUT2D eigenvalue weighted by Crippen LogP contribution is -2.33. The lowest BCUT2D eigenvalue weighted by atomic mass is 10.4. The predicted molar refractivity (Wildman–Crippen MR) is 77.9 cm³/mol. The molecule has 0 aromatic carbocycles. The molecular weight excluding hydrogens is 280 g/mol. The Labute approximate surface area is 123 Å². The summed E-state index contributed by atoms with van der Waals surface area (Å²) in [6.45, 7) is 4.65. The van der Waals surface area contributed by atoms with Gasteiger partial charge in [0.15, 0.2) is 0 Å². The van der Waals surface area contributed by atoms with Crippen molar-refractivity contribution in [2.24, 2.45) is 0 Å². The zero-order valence-corrected chi connectivity index (χ0v) is 12.3. The van der Waals surface area contributed by atoms with E-state index in [1.165, 1.54) is 0 Å². The summed E-state index contributed by atoms with van der Waals surface area (Å²) in [5, 5.41) is 6.04. The van der Waals surface area contributed by atoms with Gasteiger partial charge in [0.25, 0.3) is 0 Å². The number of nitrogens with zero attached hydrogens (tertiary/aromatic N) is 4. The number of rotatable bonds is 6. The Hall–Kier alpha value is -1.63. The van der Waals surface area contributed by atoms with Crippen molar-refractivity contribution in [2.45, 2.75) is 26.2 Å². The van der Waals surface area contributed by atoms with E-state index >= 15 is 0 Å². The number of anilines is 2. The Morgan fingerprint density at radius 3 is 2.50 bits per heavy atom. The highest BCUT2D eigenvalue weighted by Crippen LogP contribution is 2.11. The SMILES string of the molecule is CCCNc1nc(Cl)nc(NCC(=O)N2CCCC2)n1. The molecular formula is C12H19ClN6O.